The smallest absolute Gasteiger partial charge is 0.240 e. The molecule has 4 aromatic rings. The van der Waals surface area contributed by atoms with E-state index >= 15 is 0 Å². The van der Waals surface area contributed by atoms with Crippen LogP contribution in [0.1, 0.15) is 0 Å². The van der Waals surface area contributed by atoms with Gasteiger partial charge in [-0.1, -0.05) is 30.3 Å². The monoisotopic (exact) mass is 524 g/mol. The van der Waals surface area contributed by atoms with Crippen molar-refractivity contribution in [1.82, 2.24) is 19.4 Å². The maximum atomic E-state index is 12.1. The first-order chi connectivity index (χ1) is 17.2. The van der Waals surface area contributed by atoms with Crippen molar-refractivity contribution in [2.24, 2.45) is 0 Å². The van der Waals surface area contributed by atoms with Gasteiger partial charge in [0, 0.05) is 17.4 Å². The number of benzene rings is 3. The molecule has 1 aromatic heterocycles. The van der Waals surface area contributed by atoms with E-state index in [-0.39, 0.29) is 9.79 Å². The number of sulfonamides is 2. The fraction of sp³-hybridized carbons (Fsp3) is 0.0833. The number of nitrogens with zero attached hydrogens (tertiary/aromatic N) is 2. The largest absolute Gasteiger partial charge is 0.340 e. The highest BCUT2D eigenvalue weighted by atomic mass is 32.2. The quantitative estimate of drug-likeness (QED) is 0.261. The molecular weight excluding hydrogens is 500 g/mol. The number of nitrogens with one attached hydrogen (secondary N) is 4. The van der Waals surface area contributed by atoms with Crippen LogP contribution in [-0.2, 0) is 20.0 Å². The maximum absolute atomic E-state index is 12.1. The Hall–Kier alpha value is -3.84. The van der Waals surface area contributed by atoms with Gasteiger partial charge in [-0.25, -0.2) is 36.2 Å². The van der Waals surface area contributed by atoms with Crippen molar-refractivity contribution in [2.45, 2.75) is 9.79 Å². The van der Waals surface area contributed by atoms with Gasteiger partial charge in [-0.2, -0.15) is 0 Å². The maximum Gasteiger partial charge on any atom is 0.240 e. The molecule has 4 rings (SSSR count). The molecule has 0 unspecified atom stereocenters. The molecule has 0 aliphatic heterocycles. The predicted octanol–water partition coefficient (Wildman–Crippen LogP) is 3.45. The highest BCUT2D eigenvalue weighted by molar-refractivity contribution is 7.89. The van der Waals surface area contributed by atoms with Gasteiger partial charge in [0.2, 0.25) is 20.0 Å². The lowest BCUT2D eigenvalue weighted by molar-refractivity contribution is 0.586. The van der Waals surface area contributed by atoms with Crippen LogP contribution in [0.5, 0.6) is 0 Å². The summed E-state index contributed by atoms with van der Waals surface area (Å²) in [5, 5.41) is 6.32. The minimum atomic E-state index is -3.57. The summed E-state index contributed by atoms with van der Waals surface area (Å²) in [5.41, 5.74) is 3.08. The molecule has 0 saturated heterocycles. The third kappa shape index (κ3) is 5.86. The van der Waals surface area contributed by atoms with E-state index in [0.29, 0.717) is 17.3 Å². The third-order valence-electron chi connectivity index (χ3n) is 5.25. The zero-order chi connectivity index (χ0) is 25.8. The zero-order valence-electron chi connectivity index (χ0n) is 19.4. The van der Waals surface area contributed by atoms with E-state index in [9.17, 15) is 16.8 Å². The number of hydrogen-bond donors (Lipinski definition) is 4. The molecule has 0 aliphatic carbocycles. The van der Waals surface area contributed by atoms with Gasteiger partial charge < -0.3 is 10.6 Å². The van der Waals surface area contributed by atoms with Gasteiger partial charge in [-0.05, 0) is 67.7 Å². The summed E-state index contributed by atoms with van der Waals surface area (Å²) in [5.74, 6) is 1.00. The first kappa shape index (κ1) is 25.3. The Kier molecular flexibility index (Phi) is 7.31. The lowest BCUT2D eigenvalue weighted by Gasteiger charge is -2.11. The molecule has 0 spiro atoms. The van der Waals surface area contributed by atoms with Crippen molar-refractivity contribution in [3.8, 4) is 11.1 Å². The SMILES string of the molecule is CNS(=O)(=O)c1ccc(-c2cccc(Nc3cc(Nc4cccc(S(=O)(=O)NC)c4)ncn3)c2)cc1. The van der Waals surface area contributed by atoms with E-state index in [1.807, 2.05) is 24.3 Å². The predicted molar refractivity (Wildman–Crippen MR) is 139 cm³/mol. The van der Waals surface area contributed by atoms with E-state index < -0.39 is 20.0 Å². The second kappa shape index (κ2) is 10.4. The Morgan fingerprint density at radius 1 is 0.583 bits per heavy atom. The fourth-order valence-electron chi connectivity index (χ4n) is 3.37. The minimum Gasteiger partial charge on any atom is -0.340 e. The van der Waals surface area contributed by atoms with Gasteiger partial charge in [0.1, 0.15) is 18.0 Å². The third-order valence-corrected chi connectivity index (χ3v) is 8.10. The number of hydrogen-bond acceptors (Lipinski definition) is 8. The molecule has 10 nitrogen and oxygen atoms in total. The summed E-state index contributed by atoms with van der Waals surface area (Å²) in [4.78, 5) is 8.79. The van der Waals surface area contributed by atoms with Crippen LogP contribution in [0.25, 0.3) is 11.1 Å². The van der Waals surface area contributed by atoms with Crippen LogP contribution in [0.3, 0.4) is 0 Å². The van der Waals surface area contributed by atoms with Crippen LogP contribution >= 0.6 is 0 Å². The van der Waals surface area contributed by atoms with Crippen LogP contribution in [0, 0.1) is 0 Å². The van der Waals surface area contributed by atoms with Gasteiger partial charge in [0.05, 0.1) is 9.79 Å². The molecule has 0 radical (unpaired) electrons. The highest BCUT2D eigenvalue weighted by Crippen LogP contribution is 2.26. The van der Waals surface area contributed by atoms with Gasteiger partial charge in [0.25, 0.3) is 0 Å². The van der Waals surface area contributed by atoms with E-state index in [4.69, 9.17) is 0 Å². The van der Waals surface area contributed by atoms with E-state index in [1.54, 1.807) is 42.5 Å². The molecule has 36 heavy (non-hydrogen) atoms. The lowest BCUT2D eigenvalue weighted by Crippen LogP contribution is -2.18. The number of aromatic nitrogens is 2. The number of anilines is 4. The minimum absolute atomic E-state index is 0.135. The second-order valence-corrected chi connectivity index (χ2v) is 11.4. The molecular formula is C24H24N6O4S2. The highest BCUT2D eigenvalue weighted by Gasteiger charge is 2.12. The van der Waals surface area contributed by atoms with E-state index in [1.165, 1.54) is 32.6 Å². The average molecular weight is 525 g/mol. The van der Waals surface area contributed by atoms with Crippen LogP contribution in [0.15, 0.2) is 95.0 Å². The Bertz CT molecular complexity index is 1590. The summed E-state index contributed by atoms with van der Waals surface area (Å²) < 4.78 is 52.6. The molecule has 12 heteroatoms. The lowest BCUT2D eigenvalue weighted by atomic mass is 10.1. The summed E-state index contributed by atoms with van der Waals surface area (Å²) in [6.07, 6.45) is 1.39. The topological polar surface area (TPSA) is 142 Å². The summed E-state index contributed by atoms with van der Waals surface area (Å²) in [6.45, 7) is 0. The molecule has 1 heterocycles. The van der Waals surface area contributed by atoms with Crippen molar-refractivity contribution in [1.29, 1.82) is 0 Å². The van der Waals surface area contributed by atoms with Crippen molar-refractivity contribution in [3.63, 3.8) is 0 Å². The van der Waals surface area contributed by atoms with Crippen LogP contribution in [-0.4, -0.2) is 40.9 Å². The Morgan fingerprint density at radius 3 is 1.75 bits per heavy atom. The van der Waals surface area contributed by atoms with Crippen LogP contribution in [0.4, 0.5) is 23.0 Å². The normalized spacial score (nSPS) is 11.7. The first-order valence-corrected chi connectivity index (χ1v) is 13.7. The Morgan fingerprint density at radius 2 is 1.14 bits per heavy atom. The standard InChI is InChI=1S/C24H24N6O4S2/c1-25-35(31,32)21-11-9-17(10-12-21)18-5-3-6-19(13-18)29-23-15-24(28-16-27-23)30-20-7-4-8-22(14-20)36(33,34)26-2/h3-16,25-26H,1-2H3,(H2,27,28,29,30). The first-order valence-electron chi connectivity index (χ1n) is 10.7. The molecule has 0 aliphatic rings. The van der Waals surface area contributed by atoms with E-state index in [0.717, 1.165) is 16.8 Å². The van der Waals surface area contributed by atoms with E-state index in [2.05, 4.69) is 30.0 Å². The summed E-state index contributed by atoms with van der Waals surface area (Å²) in [7, 11) is -4.34. The van der Waals surface area contributed by atoms with Crippen LogP contribution < -0.4 is 20.1 Å². The molecule has 3 aromatic carbocycles. The van der Waals surface area contributed by atoms with Crippen LogP contribution in [0.2, 0.25) is 0 Å². The molecule has 0 saturated carbocycles. The summed E-state index contributed by atoms with van der Waals surface area (Å²) in [6, 6.07) is 22.3. The van der Waals surface area contributed by atoms with Gasteiger partial charge in [0.15, 0.2) is 0 Å². The van der Waals surface area contributed by atoms with Gasteiger partial charge in [-0.3, -0.25) is 0 Å². The summed E-state index contributed by atoms with van der Waals surface area (Å²) >= 11 is 0. The van der Waals surface area contributed by atoms with Gasteiger partial charge in [-0.15, -0.1) is 0 Å². The molecule has 0 bridgehead atoms. The van der Waals surface area contributed by atoms with Gasteiger partial charge >= 0.3 is 0 Å². The molecule has 0 fully saturated rings. The van der Waals surface area contributed by atoms with Crippen molar-refractivity contribution < 1.29 is 16.8 Å². The zero-order valence-corrected chi connectivity index (χ0v) is 21.1. The Labute approximate surface area is 209 Å². The Balaban J connectivity index is 1.52. The second-order valence-electron chi connectivity index (χ2n) is 7.59. The van der Waals surface area contributed by atoms with Crippen molar-refractivity contribution in [2.75, 3.05) is 24.7 Å². The molecule has 0 amide bonds. The number of rotatable bonds is 9. The molecule has 4 N–H and O–H groups in total. The van der Waals surface area contributed by atoms with Crippen molar-refractivity contribution >= 4 is 43.1 Å². The molecule has 0 atom stereocenters. The molecule has 186 valence electrons. The average Bonchev–Trinajstić information content (AvgIpc) is 2.89. The fourth-order valence-corrected chi connectivity index (χ4v) is 4.88. The van der Waals surface area contributed by atoms with Crippen molar-refractivity contribution in [3.05, 3.63) is 85.2 Å².